The first kappa shape index (κ1) is 19.7. The lowest BCUT2D eigenvalue weighted by atomic mass is 9.85. The third-order valence-corrected chi connectivity index (χ3v) is 3.90. The van der Waals surface area contributed by atoms with Gasteiger partial charge in [-0.1, -0.05) is 25.5 Å². The summed E-state index contributed by atoms with van der Waals surface area (Å²) in [6.07, 6.45) is 4.27. The highest BCUT2D eigenvalue weighted by Gasteiger charge is 2.25. The molecule has 2 rings (SSSR count). The summed E-state index contributed by atoms with van der Waals surface area (Å²) in [4.78, 5) is 16.2. The number of amides is 1. The summed E-state index contributed by atoms with van der Waals surface area (Å²) in [5.41, 5.74) is 1.98. The monoisotopic (exact) mass is 430 g/mol. The molecule has 0 spiro atoms. The van der Waals surface area contributed by atoms with Crippen LogP contribution in [0.2, 0.25) is 0 Å². The topological polar surface area (TPSA) is 65.5 Å². The number of rotatable bonds is 6. The number of carbonyl (C=O) groups is 1. The Morgan fingerprint density at radius 1 is 1.30 bits per heavy atom. The molecule has 1 aliphatic carbocycles. The Labute approximate surface area is 155 Å². The molecule has 0 aliphatic heterocycles. The van der Waals surface area contributed by atoms with Gasteiger partial charge in [-0.05, 0) is 37.0 Å². The predicted molar refractivity (Wildman–Crippen MR) is 106 cm³/mol. The van der Waals surface area contributed by atoms with Crippen LogP contribution in [0, 0.1) is 5.92 Å². The van der Waals surface area contributed by atoms with Crippen LogP contribution >= 0.6 is 24.0 Å². The number of guanidine groups is 1. The fraction of sp³-hybridized carbons (Fsp3) is 0.529. The predicted octanol–water partition coefficient (Wildman–Crippen LogP) is 3.12. The highest BCUT2D eigenvalue weighted by atomic mass is 127. The van der Waals surface area contributed by atoms with Gasteiger partial charge in [0.1, 0.15) is 0 Å². The number of benzene rings is 1. The van der Waals surface area contributed by atoms with E-state index in [9.17, 15) is 4.79 Å². The Hall–Kier alpha value is -1.31. The number of aliphatic imine (C=N–C) groups is 1. The van der Waals surface area contributed by atoms with Crippen LogP contribution in [0.25, 0.3) is 0 Å². The van der Waals surface area contributed by atoms with E-state index in [0.717, 1.165) is 43.0 Å². The molecule has 1 fully saturated rings. The van der Waals surface area contributed by atoms with E-state index in [1.807, 2.05) is 24.3 Å². The molecule has 1 aliphatic rings. The number of hydrogen-bond donors (Lipinski definition) is 3. The van der Waals surface area contributed by atoms with Crippen LogP contribution in [0.5, 0.6) is 0 Å². The molecule has 23 heavy (non-hydrogen) atoms. The van der Waals surface area contributed by atoms with Crippen molar-refractivity contribution in [2.45, 2.75) is 39.2 Å². The Morgan fingerprint density at radius 2 is 2.09 bits per heavy atom. The zero-order valence-corrected chi connectivity index (χ0v) is 16.2. The van der Waals surface area contributed by atoms with Crippen LogP contribution in [0.4, 0.5) is 5.69 Å². The molecule has 0 saturated heterocycles. The molecule has 1 saturated carbocycles. The standard InChI is InChI=1S/C17H26N4O.HI/c1-3-10-19-17(18-2)20-12-13-6-4-9-15(11-13)21-16(22)14-7-5-8-14;/h4,6,9,11,14H,3,5,7-8,10,12H2,1-2H3,(H,21,22)(H2,18,19,20);1H. The number of nitrogens with zero attached hydrogens (tertiary/aromatic N) is 1. The summed E-state index contributed by atoms with van der Waals surface area (Å²) >= 11 is 0. The molecule has 1 aromatic carbocycles. The number of hydrogen-bond acceptors (Lipinski definition) is 2. The van der Waals surface area contributed by atoms with Crippen molar-refractivity contribution in [3.05, 3.63) is 29.8 Å². The average molecular weight is 430 g/mol. The summed E-state index contributed by atoms with van der Waals surface area (Å²) in [6.45, 7) is 3.70. The molecule has 1 aromatic rings. The van der Waals surface area contributed by atoms with Gasteiger partial charge in [0.25, 0.3) is 0 Å². The first-order valence-corrected chi connectivity index (χ1v) is 8.07. The Morgan fingerprint density at radius 3 is 2.70 bits per heavy atom. The van der Waals surface area contributed by atoms with E-state index < -0.39 is 0 Å². The zero-order chi connectivity index (χ0) is 15.8. The van der Waals surface area contributed by atoms with Gasteiger partial charge in [-0.25, -0.2) is 0 Å². The molecular formula is C17H27IN4O. The van der Waals surface area contributed by atoms with Crippen LogP contribution in [0.1, 0.15) is 38.2 Å². The van der Waals surface area contributed by atoms with Gasteiger partial charge in [0, 0.05) is 31.7 Å². The highest BCUT2D eigenvalue weighted by molar-refractivity contribution is 14.0. The van der Waals surface area contributed by atoms with E-state index in [1.165, 1.54) is 6.42 Å². The summed E-state index contributed by atoms with van der Waals surface area (Å²) in [6, 6.07) is 7.95. The Balaban J connectivity index is 0.00000264. The minimum absolute atomic E-state index is 0. The van der Waals surface area contributed by atoms with Gasteiger partial charge in [0.05, 0.1) is 0 Å². The lowest BCUT2D eigenvalue weighted by Crippen LogP contribution is -2.37. The summed E-state index contributed by atoms with van der Waals surface area (Å²) in [7, 11) is 1.76. The van der Waals surface area contributed by atoms with Crippen molar-refractivity contribution in [3.8, 4) is 0 Å². The quantitative estimate of drug-likeness (QED) is 0.369. The van der Waals surface area contributed by atoms with Crippen molar-refractivity contribution < 1.29 is 4.79 Å². The van der Waals surface area contributed by atoms with Gasteiger partial charge in [-0.15, -0.1) is 24.0 Å². The number of anilines is 1. The molecule has 6 heteroatoms. The van der Waals surface area contributed by atoms with Crippen LogP contribution in [0.3, 0.4) is 0 Å². The lowest BCUT2D eigenvalue weighted by Gasteiger charge is -2.24. The second kappa shape index (κ2) is 10.5. The van der Waals surface area contributed by atoms with Crippen molar-refractivity contribution in [1.82, 2.24) is 10.6 Å². The van der Waals surface area contributed by atoms with E-state index in [2.05, 4.69) is 27.9 Å². The average Bonchev–Trinajstić information content (AvgIpc) is 2.46. The molecule has 0 radical (unpaired) electrons. The maximum Gasteiger partial charge on any atom is 0.227 e. The van der Waals surface area contributed by atoms with Crippen molar-refractivity contribution in [2.75, 3.05) is 18.9 Å². The van der Waals surface area contributed by atoms with Gasteiger partial charge in [-0.3, -0.25) is 9.79 Å². The van der Waals surface area contributed by atoms with Gasteiger partial charge in [-0.2, -0.15) is 0 Å². The molecule has 0 heterocycles. The molecule has 0 aromatic heterocycles. The number of halogens is 1. The minimum atomic E-state index is 0. The van der Waals surface area contributed by atoms with Crippen molar-refractivity contribution in [3.63, 3.8) is 0 Å². The second-order valence-corrected chi connectivity index (χ2v) is 5.67. The summed E-state index contributed by atoms with van der Waals surface area (Å²) < 4.78 is 0. The van der Waals surface area contributed by atoms with Crippen LogP contribution in [-0.2, 0) is 11.3 Å². The molecular weight excluding hydrogens is 403 g/mol. The lowest BCUT2D eigenvalue weighted by molar-refractivity contribution is -0.122. The maximum absolute atomic E-state index is 12.0. The van der Waals surface area contributed by atoms with Crippen molar-refractivity contribution >= 4 is 41.5 Å². The van der Waals surface area contributed by atoms with E-state index in [1.54, 1.807) is 7.05 Å². The smallest absolute Gasteiger partial charge is 0.227 e. The second-order valence-electron chi connectivity index (χ2n) is 5.67. The van der Waals surface area contributed by atoms with E-state index in [4.69, 9.17) is 0 Å². The third-order valence-electron chi connectivity index (χ3n) is 3.90. The van der Waals surface area contributed by atoms with Gasteiger partial charge in [0.2, 0.25) is 5.91 Å². The summed E-state index contributed by atoms with van der Waals surface area (Å²) in [5, 5.41) is 9.52. The van der Waals surface area contributed by atoms with E-state index in [0.29, 0.717) is 6.54 Å². The fourth-order valence-electron chi connectivity index (χ4n) is 2.32. The summed E-state index contributed by atoms with van der Waals surface area (Å²) in [5.74, 6) is 1.15. The van der Waals surface area contributed by atoms with Crippen LogP contribution in [0.15, 0.2) is 29.3 Å². The van der Waals surface area contributed by atoms with Crippen LogP contribution < -0.4 is 16.0 Å². The third kappa shape index (κ3) is 6.37. The minimum Gasteiger partial charge on any atom is -0.356 e. The molecule has 1 amide bonds. The SMILES string of the molecule is CCCNC(=NC)NCc1cccc(NC(=O)C2CCC2)c1.I. The Bertz CT molecular complexity index is 529. The van der Waals surface area contributed by atoms with Gasteiger partial charge < -0.3 is 16.0 Å². The molecule has 128 valence electrons. The van der Waals surface area contributed by atoms with E-state index in [-0.39, 0.29) is 35.8 Å². The zero-order valence-electron chi connectivity index (χ0n) is 13.9. The maximum atomic E-state index is 12.0. The van der Waals surface area contributed by atoms with E-state index >= 15 is 0 Å². The van der Waals surface area contributed by atoms with Gasteiger partial charge >= 0.3 is 0 Å². The molecule has 0 atom stereocenters. The van der Waals surface area contributed by atoms with Crippen molar-refractivity contribution in [2.24, 2.45) is 10.9 Å². The Kier molecular flexibility index (Phi) is 8.98. The largest absolute Gasteiger partial charge is 0.356 e. The van der Waals surface area contributed by atoms with Gasteiger partial charge in [0.15, 0.2) is 5.96 Å². The van der Waals surface area contributed by atoms with Crippen LogP contribution in [-0.4, -0.2) is 25.5 Å². The molecule has 3 N–H and O–H groups in total. The number of nitrogens with one attached hydrogen (secondary N) is 3. The molecule has 5 nitrogen and oxygen atoms in total. The highest BCUT2D eigenvalue weighted by Crippen LogP contribution is 2.27. The number of carbonyl (C=O) groups excluding carboxylic acids is 1. The molecule has 0 bridgehead atoms. The normalized spacial score (nSPS) is 14.4. The fourth-order valence-corrected chi connectivity index (χ4v) is 2.32. The first-order valence-electron chi connectivity index (χ1n) is 8.07. The first-order chi connectivity index (χ1) is 10.7. The molecule has 0 unspecified atom stereocenters. The van der Waals surface area contributed by atoms with Crippen molar-refractivity contribution in [1.29, 1.82) is 0 Å².